The van der Waals surface area contributed by atoms with Crippen LogP contribution in [-0.4, -0.2) is 20.6 Å². The predicted octanol–water partition coefficient (Wildman–Crippen LogP) is 2.30. The maximum atomic E-state index is 13.9. The number of carbonyl (C=O) groups is 1. The molecule has 0 unspecified atom stereocenters. The highest BCUT2D eigenvalue weighted by molar-refractivity contribution is 6.01. The molecule has 0 amide bonds. The molecule has 0 saturated heterocycles. The Kier molecular flexibility index (Phi) is 2.83. The number of aromatic amines is 1. The summed E-state index contributed by atoms with van der Waals surface area (Å²) in [7, 11) is 0. The van der Waals surface area contributed by atoms with Crippen molar-refractivity contribution in [2.45, 2.75) is 0 Å². The number of carboxylic acids is 1. The third kappa shape index (κ3) is 1.90. The third-order valence-corrected chi connectivity index (χ3v) is 3.10. The van der Waals surface area contributed by atoms with Gasteiger partial charge in [-0.3, -0.25) is 4.57 Å². The van der Waals surface area contributed by atoms with Crippen LogP contribution in [0.2, 0.25) is 0 Å². The van der Waals surface area contributed by atoms with Gasteiger partial charge in [0.2, 0.25) is 0 Å². The number of benzene rings is 2. The average Bonchev–Trinajstić information content (AvgIpc) is 2.75. The minimum Gasteiger partial charge on any atom is -0.478 e. The van der Waals surface area contributed by atoms with E-state index in [1.807, 2.05) is 0 Å². The van der Waals surface area contributed by atoms with Gasteiger partial charge in [-0.15, -0.1) is 0 Å². The second kappa shape index (κ2) is 4.55. The lowest BCUT2D eigenvalue weighted by molar-refractivity contribution is 0.0698. The SMILES string of the molecule is O=C(O)c1cccc2[nH]c(=O)n(-c3c(F)cccc3F)c12. The minimum atomic E-state index is -1.30. The molecule has 0 atom stereocenters. The van der Waals surface area contributed by atoms with Gasteiger partial charge in [-0.2, -0.15) is 0 Å². The van der Waals surface area contributed by atoms with Crippen LogP contribution in [-0.2, 0) is 0 Å². The monoisotopic (exact) mass is 290 g/mol. The maximum absolute atomic E-state index is 13.9. The molecule has 0 spiro atoms. The molecule has 0 bridgehead atoms. The van der Waals surface area contributed by atoms with Crippen LogP contribution in [0.5, 0.6) is 0 Å². The molecule has 21 heavy (non-hydrogen) atoms. The van der Waals surface area contributed by atoms with Crippen molar-refractivity contribution in [3.8, 4) is 5.69 Å². The van der Waals surface area contributed by atoms with Gasteiger partial charge in [-0.25, -0.2) is 18.4 Å². The van der Waals surface area contributed by atoms with Gasteiger partial charge in [0, 0.05) is 0 Å². The van der Waals surface area contributed by atoms with E-state index >= 15 is 0 Å². The molecule has 2 aromatic carbocycles. The summed E-state index contributed by atoms with van der Waals surface area (Å²) in [6.07, 6.45) is 0. The lowest BCUT2D eigenvalue weighted by atomic mass is 10.1. The summed E-state index contributed by atoms with van der Waals surface area (Å²) in [6.45, 7) is 0. The first kappa shape index (κ1) is 13.0. The van der Waals surface area contributed by atoms with Crippen LogP contribution >= 0.6 is 0 Å². The van der Waals surface area contributed by atoms with E-state index in [4.69, 9.17) is 0 Å². The van der Waals surface area contributed by atoms with Crippen LogP contribution in [0.25, 0.3) is 16.7 Å². The summed E-state index contributed by atoms with van der Waals surface area (Å²) >= 11 is 0. The van der Waals surface area contributed by atoms with E-state index in [0.29, 0.717) is 4.57 Å². The molecular weight excluding hydrogens is 282 g/mol. The summed E-state index contributed by atoms with van der Waals surface area (Å²) in [4.78, 5) is 25.6. The number of nitrogens with one attached hydrogen (secondary N) is 1. The topological polar surface area (TPSA) is 75.1 Å². The van der Waals surface area contributed by atoms with Crippen molar-refractivity contribution in [2.24, 2.45) is 0 Å². The molecule has 0 fully saturated rings. The van der Waals surface area contributed by atoms with E-state index in [1.165, 1.54) is 18.2 Å². The van der Waals surface area contributed by atoms with Gasteiger partial charge in [-0.1, -0.05) is 12.1 Å². The fourth-order valence-corrected chi connectivity index (χ4v) is 2.25. The van der Waals surface area contributed by atoms with Crippen molar-refractivity contribution in [3.05, 3.63) is 64.1 Å². The molecule has 7 heteroatoms. The highest BCUT2D eigenvalue weighted by Gasteiger charge is 2.20. The number of hydrogen-bond donors (Lipinski definition) is 2. The van der Waals surface area contributed by atoms with Crippen molar-refractivity contribution >= 4 is 17.0 Å². The van der Waals surface area contributed by atoms with Gasteiger partial charge < -0.3 is 10.1 Å². The van der Waals surface area contributed by atoms with Crippen LogP contribution in [0.1, 0.15) is 10.4 Å². The Morgan fingerprint density at radius 3 is 2.33 bits per heavy atom. The first-order chi connectivity index (χ1) is 10.0. The van der Waals surface area contributed by atoms with Gasteiger partial charge in [0.15, 0.2) is 0 Å². The molecule has 5 nitrogen and oxygen atoms in total. The van der Waals surface area contributed by atoms with Crippen LogP contribution in [0.4, 0.5) is 8.78 Å². The first-order valence-electron chi connectivity index (χ1n) is 5.92. The molecule has 0 aliphatic carbocycles. The molecule has 0 aliphatic heterocycles. The summed E-state index contributed by atoms with van der Waals surface area (Å²) in [5.74, 6) is -3.22. The summed E-state index contributed by atoms with van der Waals surface area (Å²) in [6, 6.07) is 7.29. The smallest absolute Gasteiger partial charge is 0.337 e. The number of imidazole rings is 1. The minimum absolute atomic E-state index is 0.0843. The normalized spacial score (nSPS) is 11.0. The van der Waals surface area contributed by atoms with Crippen molar-refractivity contribution in [1.29, 1.82) is 0 Å². The van der Waals surface area contributed by atoms with Crippen LogP contribution < -0.4 is 5.69 Å². The largest absolute Gasteiger partial charge is 0.478 e. The second-order valence-electron chi connectivity index (χ2n) is 4.34. The Morgan fingerprint density at radius 2 is 1.71 bits per heavy atom. The van der Waals surface area contributed by atoms with Crippen LogP contribution in [0, 0.1) is 11.6 Å². The van der Waals surface area contributed by atoms with E-state index in [9.17, 15) is 23.5 Å². The Hall–Kier alpha value is -2.96. The molecule has 1 heterocycles. The number of hydrogen-bond acceptors (Lipinski definition) is 2. The van der Waals surface area contributed by atoms with Gasteiger partial charge >= 0.3 is 11.7 Å². The van der Waals surface area contributed by atoms with Crippen LogP contribution in [0.15, 0.2) is 41.2 Å². The Bertz CT molecular complexity index is 907. The van der Waals surface area contributed by atoms with Gasteiger partial charge in [0.1, 0.15) is 17.3 Å². The van der Waals surface area contributed by atoms with E-state index in [0.717, 1.165) is 18.2 Å². The number of aromatic nitrogens is 2. The Balaban J connectivity index is 2.51. The van der Waals surface area contributed by atoms with Gasteiger partial charge in [0.25, 0.3) is 0 Å². The van der Waals surface area contributed by atoms with Crippen molar-refractivity contribution in [2.75, 3.05) is 0 Å². The number of H-pyrrole nitrogens is 1. The molecule has 106 valence electrons. The number of halogens is 2. The maximum Gasteiger partial charge on any atom is 0.337 e. The lowest BCUT2D eigenvalue weighted by Gasteiger charge is -2.07. The Labute approximate surface area is 116 Å². The standard InChI is InChI=1S/C14H8F2N2O3/c15-8-4-2-5-9(16)12(8)18-11-7(13(19)20)3-1-6-10(11)17-14(18)21/h1-6H,(H,17,21)(H,19,20). The summed E-state index contributed by atoms with van der Waals surface area (Å²) < 4.78 is 28.5. The molecule has 0 radical (unpaired) electrons. The quantitative estimate of drug-likeness (QED) is 0.760. The van der Waals surface area contributed by atoms with Gasteiger partial charge in [-0.05, 0) is 24.3 Å². The van der Waals surface area contributed by atoms with E-state index in [-0.39, 0.29) is 16.6 Å². The lowest BCUT2D eigenvalue weighted by Crippen LogP contribution is -2.18. The van der Waals surface area contributed by atoms with Gasteiger partial charge in [0.05, 0.1) is 16.6 Å². The molecule has 3 aromatic rings. The van der Waals surface area contributed by atoms with Crippen molar-refractivity contribution in [3.63, 3.8) is 0 Å². The number of carboxylic acid groups (broad SMARTS) is 1. The summed E-state index contributed by atoms with van der Waals surface area (Å²) in [5, 5.41) is 9.19. The number of fused-ring (bicyclic) bond motifs is 1. The van der Waals surface area contributed by atoms with Crippen molar-refractivity contribution < 1.29 is 18.7 Å². The molecule has 0 aliphatic rings. The fourth-order valence-electron chi connectivity index (χ4n) is 2.25. The number of rotatable bonds is 2. The molecular formula is C14H8F2N2O3. The first-order valence-corrected chi connectivity index (χ1v) is 5.92. The van der Waals surface area contributed by atoms with E-state index in [1.54, 1.807) is 0 Å². The van der Waals surface area contributed by atoms with E-state index < -0.39 is 29.0 Å². The third-order valence-electron chi connectivity index (χ3n) is 3.10. The fraction of sp³-hybridized carbons (Fsp3) is 0. The molecule has 2 N–H and O–H groups in total. The van der Waals surface area contributed by atoms with E-state index in [2.05, 4.69) is 4.98 Å². The molecule has 0 saturated carbocycles. The highest BCUT2D eigenvalue weighted by Crippen LogP contribution is 2.23. The molecule has 1 aromatic heterocycles. The summed E-state index contributed by atoms with van der Waals surface area (Å²) in [5.41, 5.74) is -1.56. The zero-order valence-electron chi connectivity index (χ0n) is 10.4. The number of para-hydroxylation sites is 2. The number of aromatic carboxylic acids is 1. The zero-order valence-corrected chi connectivity index (χ0v) is 10.4. The second-order valence-corrected chi connectivity index (χ2v) is 4.34. The zero-order chi connectivity index (χ0) is 15.1. The van der Waals surface area contributed by atoms with Crippen molar-refractivity contribution in [1.82, 2.24) is 9.55 Å². The predicted molar refractivity (Wildman–Crippen MR) is 70.8 cm³/mol. The molecule has 3 rings (SSSR count). The van der Waals surface area contributed by atoms with Crippen LogP contribution in [0.3, 0.4) is 0 Å². The number of nitrogens with zero attached hydrogens (tertiary/aromatic N) is 1. The highest BCUT2D eigenvalue weighted by atomic mass is 19.1. The average molecular weight is 290 g/mol. The Morgan fingerprint density at radius 1 is 1.10 bits per heavy atom.